The molecule has 0 saturated carbocycles. The fourth-order valence-corrected chi connectivity index (χ4v) is 4.49. The van der Waals surface area contributed by atoms with Crippen LogP contribution in [0.5, 0.6) is 0 Å². The standard InChI is InChI=1S/C22H30F3N3O2/c1-3-5-9-19(29)27-16-28(18-8-6-7-17(15-18)22(23,24)25)21(20(27)30)10-13-26(12-4-2)14-11-21/h6-8,15H,3-5,9-14,16H2,1-2H3. The van der Waals surface area contributed by atoms with Gasteiger partial charge in [0.2, 0.25) is 5.91 Å². The number of unbranched alkanes of at least 4 members (excludes halogenated alkanes) is 1. The van der Waals surface area contributed by atoms with Crippen molar-refractivity contribution in [2.24, 2.45) is 0 Å². The number of alkyl halides is 3. The Balaban J connectivity index is 1.94. The van der Waals surface area contributed by atoms with Crippen molar-refractivity contribution in [2.75, 3.05) is 31.2 Å². The lowest BCUT2D eigenvalue weighted by Crippen LogP contribution is -2.56. The van der Waals surface area contributed by atoms with Crippen LogP contribution in [-0.2, 0) is 15.8 Å². The van der Waals surface area contributed by atoms with E-state index in [9.17, 15) is 22.8 Å². The average Bonchev–Trinajstić information content (AvgIpc) is 3.00. The predicted octanol–water partition coefficient (Wildman–Crippen LogP) is 4.27. The van der Waals surface area contributed by atoms with Gasteiger partial charge in [0, 0.05) is 25.2 Å². The third kappa shape index (κ3) is 4.33. The van der Waals surface area contributed by atoms with Crippen LogP contribution in [0.15, 0.2) is 24.3 Å². The van der Waals surface area contributed by atoms with Crippen LogP contribution in [0.2, 0.25) is 0 Å². The lowest BCUT2D eigenvalue weighted by Gasteiger charge is -2.43. The van der Waals surface area contributed by atoms with E-state index in [0.29, 0.717) is 38.0 Å². The molecule has 0 radical (unpaired) electrons. The highest BCUT2D eigenvalue weighted by molar-refractivity contribution is 6.04. The number of anilines is 1. The largest absolute Gasteiger partial charge is 0.416 e. The van der Waals surface area contributed by atoms with Crippen molar-refractivity contribution in [3.05, 3.63) is 29.8 Å². The van der Waals surface area contributed by atoms with Crippen LogP contribution >= 0.6 is 0 Å². The van der Waals surface area contributed by atoms with E-state index in [2.05, 4.69) is 11.8 Å². The Morgan fingerprint density at radius 1 is 1.13 bits per heavy atom. The number of hydrogen-bond acceptors (Lipinski definition) is 4. The Labute approximate surface area is 175 Å². The summed E-state index contributed by atoms with van der Waals surface area (Å²) in [7, 11) is 0. The minimum atomic E-state index is -4.46. The van der Waals surface area contributed by atoms with E-state index < -0.39 is 17.3 Å². The second-order valence-electron chi connectivity index (χ2n) is 8.22. The van der Waals surface area contributed by atoms with Crippen LogP contribution in [0.1, 0.15) is 57.9 Å². The maximum absolute atomic E-state index is 13.4. The number of piperidine rings is 1. The van der Waals surface area contributed by atoms with Gasteiger partial charge in [0.05, 0.1) is 5.56 Å². The molecule has 1 aromatic rings. The highest BCUT2D eigenvalue weighted by Crippen LogP contribution is 2.41. The van der Waals surface area contributed by atoms with Gasteiger partial charge in [-0.05, 0) is 50.4 Å². The lowest BCUT2D eigenvalue weighted by atomic mass is 9.85. The average molecular weight is 425 g/mol. The summed E-state index contributed by atoms with van der Waals surface area (Å²) in [6.45, 7) is 6.37. The number of carbonyl (C=O) groups excluding carboxylic acids is 2. The summed E-state index contributed by atoms with van der Waals surface area (Å²) < 4.78 is 39.9. The van der Waals surface area contributed by atoms with Crippen molar-refractivity contribution in [1.82, 2.24) is 9.80 Å². The topological polar surface area (TPSA) is 43.9 Å². The summed E-state index contributed by atoms with van der Waals surface area (Å²) >= 11 is 0. The molecule has 8 heteroatoms. The van der Waals surface area contributed by atoms with Crippen LogP contribution in [0.4, 0.5) is 18.9 Å². The molecule has 0 aromatic heterocycles. The highest BCUT2D eigenvalue weighted by atomic mass is 19.4. The van der Waals surface area contributed by atoms with Gasteiger partial charge in [-0.3, -0.25) is 14.5 Å². The molecule has 2 aliphatic heterocycles. The Morgan fingerprint density at radius 3 is 2.43 bits per heavy atom. The Hall–Kier alpha value is -2.09. The molecule has 0 atom stereocenters. The van der Waals surface area contributed by atoms with Gasteiger partial charge in [0.1, 0.15) is 12.2 Å². The van der Waals surface area contributed by atoms with Crippen LogP contribution in [0, 0.1) is 0 Å². The molecule has 0 aliphatic carbocycles. The van der Waals surface area contributed by atoms with Crippen LogP contribution < -0.4 is 4.90 Å². The van der Waals surface area contributed by atoms with Crippen LogP contribution in [0.3, 0.4) is 0 Å². The highest BCUT2D eigenvalue weighted by Gasteiger charge is 2.55. The maximum Gasteiger partial charge on any atom is 0.416 e. The van der Waals surface area contributed by atoms with Crippen molar-refractivity contribution < 1.29 is 22.8 Å². The van der Waals surface area contributed by atoms with Crippen LogP contribution in [0.25, 0.3) is 0 Å². The zero-order valence-corrected chi connectivity index (χ0v) is 17.7. The molecule has 0 bridgehead atoms. The minimum Gasteiger partial charge on any atom is -0.338 e. The second-order valence-corrected chi connectivity index (χ2v) is 8.22. The minimum absolute atomic E-state index is 0.0104. The molecule has 3 rings (SSSR count). The molecule has 0 N–H and O–H groups in total. The number of nitrogens with zero attached hydrogens (tertiary/aromatic N) is 3. The summed E-state index contributed by atoms with van der Waals surface area (Å²) in [5.74, 6) is -0.510. The van der Waals surface area contributed by atoms with Gasteiger partial charge < -0.3 is 9.80 Å². The fourth-order valence-electron chi connectivity index (χ4n) is 4.49. The molecule has 1 spiro atoms. The quantitative estimate of drug-likeness (QED) is 0.683. The smallest absolute Gasteiger partial charge is 0.338 e. The summed E-state index contributed by atoms with van der Waals surface area (Å²) in [5, 5.41) is 0. The van der Waals surface area contributed by atoms with E-state index in [1.54, 1.807) is 11.0 Å². The Bertz CT molecular complexity index is 773. The van der Waals surface area contributed by atoms with Crippen molar-refractivity contribution in [1.29, 1.82) is 0 Å². The number of amides is 2. The summed E-state index contributed by atoms with van der Waals surface area (Å²) in [6, 6.07) is 5.09. The summed E-state index contributed by atoms with van der Waals surface area (Å²) in [4.78, 5) is 31.4. The van der Waals surface area contributed by atoms with E-state index >= 15 is 0 Å². The fraction of sp³-hybridized carbons (Fsp3) is 0.636. The molecule has 2 fully saturated rings. The van der Waals surface area contributed by atoms with Gasteiger partial charge in [-0.1, -0.05) is 26.3 Å². The number of rotatable bonds is 6. The van der Waals surface area contributed by atoms with Gasteiger partial charge in [0.15, 0.2) is 0 Å². The van der Waals surface area contributed by atoms with Crippen molar-refractivity contribution >= 4 is 17.5 Å². The third-order valence-corrected chi connectivity index (χ3v) is 6.20. The van der Waals surface area contributed by atoms with E-state index in [-0.39, 0.29) is 24.9 Å². The molecule has 2 saturated heterocycles. The number of carbonyl (C=O) groups is 2. The Kier molecular flexibility index (Phi) is 6.75. The number of likely N-dealkylation sites (tertiary alicyclic amines) is 1. The first kappa shape index (κ1) is 22.6. The normalized spacial score (nSPS) is 19.7. The van der Waals surface area contributed by atoms with E-state index in [1.807, 2.05) is 6.92 Å². The van der Waals surface area contributed by atoms with Crippen molar-refractivity contribution in [3.63, 3.8) is 0 Å². The third-order valence-electron chi connectivity index (χ3n) is 6.20. The molecule has 30 heavy (non-hydrogen) atoms. The summed E-state index contributed by atoms with van der Waals surface area (Å²) in [5.41, 5.74) is -1.37. The monoisotopic (exact) mass is 425 g/mol. The number of imide groups is 1. The number of benzene rings is 1. The molecule has 5 nitrogen and oxygen atoms in total. The number of halogens is 3. The molecule has 1 aromatic carbocycles. The van der Waals surface area contributed by atoms with E-state index in [0.717, 1.165) is 31.5 Å². The van der Waals surface area contributed by atoms with Gasteiger partial charge >= 0.3 is 6.18 Å². The van der Waals surface area contributed by atoms with E-state index in [1.165, 1.54) is 11.0 Å². The zero-order chi connectivity index (χ0) is 21.9. The first-order valence-electron chi connectivity index (χ1n) is 10.7. The SMILES string of the molecule is CCCCC(=O)N1CN(c2cccc(C(F)(F)F)c2)C2(CCN(CCC)CC2)C1=O. The van der Waals surface area contributed by atoms with Gasteiger partial charge in [0.25, 0.3) is 5.91 Å². The first-order valence-corrected chi connectivity index (χ1v) is 10.7. The molecule has 0 unspecified atom stereocenters. The maximum atomic E-state index is 13.4. The molecule has 166 valence electrons. The summed E-state index contributed by atoms with van der Waals surface area (Å²) in [6.07, 6.45) is -0.671. The van der Waals surface area contributed by atoms with Crippen LogP contribution in [-0.4, -0.2) is 53.5 Å². The van der Waals surface area contributed by atoms with Crippen molar-refractivity contribution in [3.8, 4) is 0 Å². The molecule has 2 amide bonds. The van der Waals surface area contributed by atoms with Crippen molar-refractivity contribution in [2.45, 2.75) is 64.1 Å². The van der Waals surface area contributed by atoms with Gasteiger partial charge in [-0.15, -0.1) is 0 Å². The molecular weight excluding hydrogens is 395 g/mol. The first-order chi connectivity index (χ1) is 14.2. The second kappa shape index (κ2) is 8.96. The number of hydrogen-bond donors (Lipinski definition) is 0. The predicted molar refractivity (Wildman–Crippen MR) is 109 cm³/mol. The zero-order valence-electron chi connectivity index (χ0n) is 17.7. The lowest BCUT2D eigenvalue weighted by molar-refractivity contribution is -0.145. The molecule has 2 aliphatic rings. The van der Waals surface area contributed by atoms with Gasteiger partial charge in [-0.25, -0.2) is 0 Å². The van der Waals surface area contributed by atoms with Gasteiger partial charge in [-0.2, -0.15) is 13.2 Å². The van der Waals surface area contributed by atoms with E-state index in [4.69, 9.17) is 0 Å². The Morgan fingerprint density at radius 2 is 1.83 bits per heavy atom. The molecular formula is C22H30F3N3O2. The molecule has 2 heterocycles.